The summed E-state index contributed by atoms with van der Waals surface area (Å²) in [5.41, 5.74) is 0. The summed E-state index contributed by atoms with van der Waals surface area (Å²) in [6, 6.07) is 0. The lowest BCUT2D eigenvalue weighted by Gasteiger charge is -2.18. The summed E-state index contributed by atoms with van der Waals surface area (Å²) in [4.78, 5) is 5.11. The molecule has 1 aliphatic rings. The minimum absolute atomic E-state index is 0.110. The molecule has 0 aromatic carbocycles. The fraction of sp³-hybridized carbons (Fsp3) is 1.00. The summed E-state index contributed by atoms with van der Waals surface area (Å²) in [5, 5.41) is 0. The first kappa shape index (κ1) is 9.19. The highest BCUT2D eigenvalue weighted by molar-refractivity contribution is 6.69. The Morgan fingerprint density at radius 3 is 2.55 bits per heavy atom. The largest absolute Gasteiger partial charge is 0.350 e. The quantitative estimate of drug-likeness (QED) is 0.373. The molecule has 1 fully saturated rings. The maximum Gasteiger partial charge on any atom is 0.230 e. The average Bonchev–Trinajstić information content (AvgIpc) is 2.32. The summed E-state index contributed by atoms with van der Waals surface area (Å²) in [6.45, 7) is 7.06. The van der Waals surface area contributed by atoms with Crippen LogP contribution in [0.4, 0.5) is 0 Å². The molecular formula is C7H16O3Si. The van der Waals surface area contributed by atoms with Crippen LogP contribution in [0.25, 0.3) is 0 Å². The zero-order valence-corrected chi connectivity index (χ0v) is 8.42. The lowest BCUT2D eigenvalue weighted by Crippen LogP contribution is -2.28. The third-order valence-electron chi connectivity index (χ3n) is 1.29. The van der Waals surface area contributed by atoms with E-state index in [0.717, 1.165) is 19.4 Å². The van der Waals surface area contributed by atoms with Crippen LogP contribution >= 0.6 is 0 Å². The third kappa shape index (κ3) is 3.86. The minimum Gasteiger partial charge on any atom is -0.350 e. The van der Waals surface area contributed by atoms with Crippen LogP contribution in [0.3, 0.4) is 0 Å². The van der Waals surface area contributed by atoms with E-state index >= 15 is 0 Å². The van der Waals surface area contributed by atoms with Crippen LogP contribution in [0.5, 0.6) is 0 Å². The van der Waals surface area contributed by atoms with E-state index in [1.54, 1.807) is 0 Å². The van der Waals surface area contributed by atoms with Gasteiger partial charge in [0.25, 0.3) is 0 Å². The second-order valence-corrected chi connectivity index (χ2v) is 8.13. The first-order chi connectivity index (χ1) is 5.08. The predicted molar refractivity (Wildman–Crippen MR) is 44.5 cm³/mol. The van der Waals surface area contributed by atoms with E-state index in [1.807, 2.05) is 0 Å². The molecule has 0 radical (unpaired) electrons. The highest BCUT2D eigenvalue weighted by Gasteiger charge is 2.22. The van der Waals surface area contributed by atoms with Crippen molar-refractivity contribution in [1.82, 2.24) is 0 Å². The van der Waals surface area contributed by atoms with Crippen molar-refractivity contribution in [3.05, 3.63) is 0 Å². The molecule has 66 valence electrons. The van der Waals surface area contributed by atoms with Gasteiger partial charge in [-0.1, -0.05) is 0 Å². The van der Waals surface area contributed by atoms with Crippen LogP contribution in [0, 0.1) is 0 Å². The predicted octanol–water partition coefficient (Wildman–Crippen LogP) is 1.91. The summed E-state index contributed by atoms with van der Waals surface area (Å²) in [5.74, 6) is 0. The molecule has 0 N–H and O–H groups in total. The van der Waals surface area contributed by atoms with E-state index in [-0.39, 0.29) is 6.29 Å². The first-order valence-electron chi connectivity index (χ1n) is 4.04. The molecule has 3 nitrogen and oxygen atoms in total. The van der Waals surface area contributed by atoms with Crippen LogP contribution in [0.2, 0.25) is 19.6 Å². The number of ether oxygens (including phenoxy) is 1. The molecule has 4 heteroatoms. The van der Waals surface area contributed by atoms with Gasteiger partial charge in [-0.15, -0.1) is 0 Å². The van der Waals surface area contributed by atoms with Gasteiger partial charge in [0.05, 0.1) is 6.61 Å². The molecule has 0 aliphatic carbocycles. The van der Waals surface area contributed by atoms with Crippen molar-refractivity contribution >= 4 is 8.32 Å². The Balaban J connectivity index is 2.11. The van der Waals surface area contributed by atoms with Gasteiger partial charge in [-0.3, -0.25) is 4.58 Å². The van der Waals surface area contributed by atoms with Gasteiger partial charge >= 0.3 is 0 Å². The molecule has 1 unspecified atom stereocenters. The molecule has 1 rings (SSSR count). The maximum absolute atomic E-state index is 5.23. The van der Waals surface area contributed by atoms with Gasteiger partial charge in [-0.25, -0.2) is 4.89 Å². The minimum atomic E-state index is -1.53. The molecule has 0 amide bonds. The molecule has 1 heterocycles. The van der Waals surface area contributed by atoms with Crippen molar-refractivity contribution in [3.8, 4) is 0 Å². The molecule has 0 aromatic rings. The van der Waals surface area contributed by atoms with Crippen LogP contribution in [0.1, 0.15) is 12.8 Å². The lowest BCUT2D eigenvalue weighted by molar-refractivity contribution is -0.314. The van der Waals surface area contributed by atoms with Crippen molar-refractivity contribution in [3.63, 3.8) is 0 Å². The number of hydrogen-bond acceptors (Lipinski definition) is 3. The SMILES string of the molecule is C[Si](C)(C)OOC1CCCO1. The molecule has 0 aromatic heterocycles. The standard InChI is InChI=1S/C7H16O3Si/c1-11(2,3)10-9-7-5-4-6-8-7/h7H,4-6H2,1-3H3. The van der Waals surface area contributed by atoms with Gasteiger partial charge in [0.2, 0.25) is 8.32 Å². The summed E-state index contributed by atoms with van der Waals surface area (Å²) in [6.07, 6.45) is 1.94. The van der Waals surface area contributed by atoms with Crippen molar-refractivity contribution in [2.45, 2.75) is 38.8 Å². The van der Waals surface area contributed by atoms with Gasteiger partial charge in [-0.2, -0.15) is 0 Å². The van der Waals surface area contributed by atoms with Crippen molar-refractivity contribution < 1.29 is 14.2 Å². The van der Waals surface area contributed by atoms with E-state index in [4.69, 9.17) is 14.2 Å². The fourth-order valence-electron chi connectivity index (χ4n) is 0.822. The Hall–Kier alpha value is 0.0969. The third-order valence-corrected chi connectivity index (χ3v) is 1.89. The molecule has 0 bridgehead atoms. The lowest BCUT2D eigenvalue weighted by atomic mass is 10.4. The second kappa shape index (κ2) is 3.67. The van der Waals surface area contributed by atoms with Crippen LogP contribution in [-0.4, -0.2) is 21.2 Å². The smallest absolute Gasteiger partial charge is 0.230 e. The summed E-state index contributed by atoms with van der Waals surface area (Å²) >= 11 is 0. The van der Waals surface area contributed by atoms with Gasteiger partial charge in [0.15, 0.2) is 6.29 Å². The Labute approximate surface area is 68.7 Å². The van der Waals surface area contributed by atoms with Crippen LogP contribution in [0.15, 0.2) is 0 Å². The van der Waals surface area contributed by atoms with Gasteiger partial charge in [0.1, 0.15) is 0 Å². The van der Waals surface area contributed by atoms with E-state index in [2.05, 4.69) is 19.6 Å². The molecule has 1 atom stereocenters. The van der Waals surface area contributed by atoms with Crippen molar-refractivity contribution in [1.29, 1.82) is 0 Å². The van der Waals surface area contributed by atoms with Crippen molar-refractivity contribution in [2.75, 3.05) is 6.61 Å². The number of rotatable bonds is 3. The Bertz CT molecular complexity index is 115. The summed E-state index contributed by atoms with van der Waals surface area (Å²) in [7, 11) is -1.53. The Kier molecular flexibility index (Phi) is 3.06. The normalized spacial score (nSPS) is 25.9. The van der Waals surface area contributed by atoms with E-state index in [0.29, 0.717) is 0 Å². The highest BCUT2D eigenvalue weighted by atomic mass is 28.4. The summed E-state index contributed by atoms with van der Waals surface area (Å²) < 4.78 is 10.5. The van der Waals surface area contributed by atoms with E-state index in [1.165, 1.54) is 0 Å². The molecule has 11 heavy (non-hydrogen) atoms. The van der Waals surface area contributed by atoms with E-state index in [9.17, 15) is 0 Å². The first-order valence-corrected chi connectivity index (χ1v) is 7.45. The zero-order valence-electron chi connectivity index (χ0n) is 7.42. The molecule has 0 spiro atoms. The van der Waals surface area contributed by atoms with Gasteiger partial charge in [0, 0.05) is 6.42 Å². The van der Waals surface area contributed by atoms with E-state index < -0.39 is 8.32 Å². The fourth-order valence-corrected chi connectivity index (χ4v) is 1.22. The second-order valence-electron chi connectivity index (χ2n) is 3.73. The van der Waals surface area contributed by atoms with Crippen LogP contribution < -0.4 is 0 Å². The topological polar surface area (TPSA) is 27.7 Å². The zero-order chi connectivity index (χ0) is 8.32. The monoisotopic (exact) mass is 176 g/mol. The average molecular weight is 176 g/mol. The van der Waals surface area contributed by atoms with Crippen molar-refractivity contribution in [2.24, 2.45) is 0 Å². The maximum atomic E-state index is 5.23. The Morgan fingerprint density at radius 1 is 1.36 bits per heavy atom. The molecular weight excluding hydrogens is 160 g/mol. The molecule has 1 saturated heterocycles. The van der Waals surface area contributed by atoms with Crippen LogP contribution in [-0.2, 0) is 14.2 Å². The molecule has 1 aliphatic heterocycles. The molecule has 0 saturated carbocycles. The van der Waals surface area contributed by atoms with Gasteiger partial charge < -0.3 is 4.74 Å². The highest BCUT2D eigenvalue weighted by Crippen LogP contribution is 2.15. The number of hydrogen-bond donors (Lipinski definition) is 0. The van der Waals surface area contributed by atoms with Gasteiger partial charge in [-0.05, 0) is 26.1 Å². The Morgan fingerprint density at radius 2 is 2.09 bits per heavy atom.